The zero-order valence-electron chi connectivity index (χ0n) is 16.1. The van der Waals surface area contributed by atoms with Gasteiger partial charge in [-0.1, -0.05) is 36.4 Å². The lowest BCUT2D eigenvalue weighted by Crippen LogP contribution is -2.33. The molecular weight excluding hydrogens is 384 g/mol. The number of benzene rings is 2. The van der Waals surface area contributed by atoms with E-state index in [-0.39, 0.29) is 18.4 Å². The average Bonchev–Trinajstić information content (AvgIpc) is 3.29. The number of para-hydroxylation sites is 1. The van der Waals surface area contributed by atoms with E-state index >= 15 is 0 Å². The number of carbonyl (C=O) groups excluding carboxylic acids is 2. The number of anilines is 1. The first-order valence-corrected chi connectivity index (χ1v) is 10.1. The summed E-state index contributed by atoms with van der Waals surface area (Å²) in [6, 6.07) is 15.3. The smallest absolute Gasteiger partial charge is 0.251 e. The van der Waals surface area contributed by atoms with E-state index in [0.29, 0.717) is 10.7 Å². The van der Waals surface area contributed by atoms with Gasteiger partial charge in [0.1, 0.15) is 0 Å². The highest BCUT2D eigenvalue weighted by Crippen LogP contribution is 2.33. The number of aryl methyl sites for hydroxylation is 2. The molecule has 0 aliphatic rings. The normalized spacial score (nSPS) is 10.8. The van der Waals surface area contributed by atoms with Gasteiger partial charge in [0, 0.05) is 33.1 Å². The van der Waals surface area contributed by atoms with Gasteiger partial charge in [0.15, 0.2) is 5.13 Å². The van der Waals surface area contributed by atoms with Gasteiger partial charge < -0.3 is 15.6 Å². The van der Waals surface area contributed by atoms with Crippen LogP contribution in [0.5, 0.6) is 0 Å². The Balaban J connectivity index is 1.43. The second kappa shape index (κ2) is 7.89. The number of aromatic nitrogens is 2. The van der Waals surface area contributed by atoms with Gasteiger partial charge in [-0.05, 0) is 31.5 Å². The maximum Gasteiger partial charge on any atom is 0.251 e. The number of carbonyl (C=O) groups is 2. The Labute approximate surface area is 172 Å². The number of thiazole rings is 1. The minimum absolute atomic E-state index is 0.117. The first-order valence-electron chi connectivity index (χ1n) is 9.20. The minimum Gasteiger partial charge on any atom is -0.358 e. The fraction of sp³-hybridized carbons (Fsp3) is 0.136. The molecule has 4 rings (SSSR count). The number of nitrogens with zero attached hydrogens (tertiary/aromatic N) is 1. The lowest BCUT2D eigenvalue weighted by Gasteiger charge is -2.07. The van der Waals surface area contributed by atoms with Crippen LogP contribution in [0.1, 0.15) is 21.6 Å². The van der Waals surface area contributed by atoms with E-state index in [0.717, 1.165) is 33.4 Å². The van der Waals surface area contributed by atoms with Crippen molar-refractivity contribution in [3.63, 3.8) is 0 Å². The highest BCUT2D eigenvalue weighted by atomic mass is 32.1. The zero-order valence-corrected chi connectivity index (χ0v) is 16.9. The summed E-state index contributed by atoms with van der Waals surface area (Å²) in [5.74, 6) is -0.587. The number of fused-ring (bicyclic) bond motifs is 1. The molecule has 2 aromatic heterocycles. The number of hydrogen-bond acceptors (Lipinski definition) is 4. The Morgan fingerprint density at radius 1 is 1.07 bits per heavy atom. The van der Waals surface area contributed by atoms with Crippen molar-refractivity contribution >= 4 is 39.2 Å². The van der Waals surface area contributed by atoms with Gasteiger partial charge >= 0.3 is 0 Å². The van der Waals surface area contributed by atoms with E-state index in [1.807, 2.05) is 55.6 Å². The molecule has 29 heavy (non-hydrogen) atoms. The standard InChI is InChI=1S/C22H20N4O2S/c1-13-7-3-4-8-15(13)21(28)23-11-19(27)26-22-25-18(12-29-22)20-14(2)24-17-10-6-5-9-16(17)20/h3-10,12,24H,11H2,1-2H3,(H,23,28)(H,25,26,27). The summed E-state index contributed by atoms with van der Waals surface area (Å²) < 4.78 is 0. The van der Waals surface area contributed by atoms with Gasteiger partial charge in [0.05, 0.1) is 12.2 Å². The third-order valence-electron chi connectivity index (χ3n) is 4.70. The predicted octanol–water partition coefficient (Wildman–Crippen LogP) is 4.28. The number of rotatable bonds is 5. The van der Waals surface area contributed by atoms with Crippen LogP contribution in [0.3, 0.4) is 0 Å². The summed E-state index contributed by atoms with van der Waals surface area (Å²) in [5.41, 5.74) is 5.35. The Kier molecular flexibility index (Phi) is 5.14. The molecule has 7 heteroatoms. The summed E-state index contributed by atoms with van der Waals surface area (Å²) in [7, 11) is 0. The summed E-state index contributed by atoms with van der Waals surface area (Å²) in [5, 5.41) is 8.92. The molecule has 0 atom stereocenters. The molecule has 2 heterocycles. The number of aromatic amines is 1. The number of hydrogen-bond donors (Lipinski definition) is 3. The molecule has 2 aromatic carbocycles. The van der Waals surface area contributed by atoms with E-state index < -0.39 is 0 Å². The summed E-state index contributed by atoms with van der Waals surface area (Å²) in [4.78, 5) is 32.4. The highest BCUT2D eigenvalue weighted by Gasteiger charge is 2.15. The Bertz CT molecular complexity index is 1210. The van der Waals surface area contributed by atoms with Crippen molar-refractivity contribution in [1.29, 1.82) is 0 Å². The monoisotopic (exact) mass is 404 g/mol. The number of amides is 2. The van der Waals surface area contributed by atoms with Gasteiger partial charge in [-0.3, -0.25) is 9.59 Å². The molecule has 146 valence electrons. The maximum atomic E-state index is 12.2. The molecule has 0 radical (unpaired) electrons. The van der Waals surface area contributed by atoms with E-state index in [2.05, 4.69) is 20.6 Å². The summed E-state index contributed by atoms with van der Waals surface area (Å²) in [6.45, 7) is 3.75. The molecule has 0 fully saturated rings. The molecule has 6 nitrogen and oxygen atoms in total. The molecule has 2 amide bonds. The molecule has 0 bridgehead atoms. The lowest BCUT2D eigenvalue weighted by atomic mass is 10.1. The first-order chi connectivity index (χ1) is 14.0. The van der Waals surface area contributed by atoms with Crippen LogP contribution in [-0.2, 0) is 4.79 Å². The second-order valence-electron chi connectivity index (χ2n) is 6.75. The van der Waals surface area contributed by atoms with Gasteiger partial charge in [-0.15, -0.1) is 11.3 Å². The third kappa shape index (κ3) is 3.90. The number of nitrogens with one attached hydrogen (secondary N) is 3. The van der Waals surface area contributed by atoms with Gasteiger partial charge in [-0.25, -0.2) is 4.98 Å². The quantitative estimate of drug-likeness (QED) is 0.464. The molecule has 0 unspecified atom stereocenters. The second-order valence-corrected chi connectivity index (χ2v) is 7.61. The average molecular weight is 404 g/mol. The van der Waals surface area contributed by atoms with Crippen molar-refractivity contribution in [3.05, 3.63) is 70.7 Å². The van der Waals surface area contributed by atoms with E-state index in [1.165, 1.54) is 11.3 Å². The molecule has 0 spiro atoms. The van der Waals surface area contributed by atoms with Crippen LogP contribution in [0.25, 0.3) is 22.2 Å². The fourth-order valence-electron chi connectivity index (χ4n) is 3.30. The van der Waals surface area contributed by atoms with Crippen LogP contribution >= 0.6 is 11.3 Å². The summed E-state index contributed by atoms with van der Waals surface area (Å²) >= 11 is 1.36. The maximum absolute atomic E-state index is 12.2. The van der Waals surface area contributed by atoms with E-state index in [9.17, 15) is 9.59 Å². The third-order valence-corrected chi connectivity index (χ3v) is 5.46. The van der Waals surface area contributed by atoms with Crippen LogP contribution in [0.15, 0.2) is 53.9 Å². The van der Waals surface area contributed by atoms with Crippen molar-refractivity contribution in [1.82, 2.24) is 15.3 Å². The molecule has 0 saturated carbocycles. The fourth-order valence-corrected chi connectivity index (χ4v) is 4.02. The van der Waals surface area contributed by atoms with Gasteiger partial charge in [-0.2, -0.15) is 0 Å². The van der Waals surface area contributed by atoms with Crippen LogP contribution in [0, 0.1) is 13.8 Å². The van der Waals surface area contributed by atoms with Crippen molar-refractivity contribution < 1.29 is 9.59 Å². The van der Waals surface area contributed by atoms with Crippen molar-refractivity contribution in [3.8, 4) is 11.3 Å². The largest absolute Gasteiger partial charge is 0.358 e. The van der Waals surface area contributed by atoms with E-state index in [4.69, 9.17) is 0 Å². The number of H-pyrrole nitrogens is 1. The first kappa shape index (κ1) is 18.9. The molecular formula is C22H20N4O2S. The molecule has 0 aliphatic heterocycles. The predicted molar refractivity (Wildman–Crippen MR) is 116 cm³/mol. The van der Waals surface area contributed by atoms with Crippen molar-refractivity contribution in [2.45, 2.75) is 13.8 Å². The minimum atomic E-state index is -0.316. The molecule has 4 aromatic rings. The van der Waals surface area contributed by atoms with E-state index in [1.54, 1.807) is 12.1 Å². The van der Waals surface area contributed by atoms with Gasteiger partial charge in [0.25, 0.3) is 5.91 Å². The SMILES string of the molecule is Cc1ccccc1C(=O)NCC(=O)Nc1nc(-c2c(C)[nH]c3ccccc23)cs1. The topological polar surface area (TPSA) is 86.9 Å². The van der Waals surface area contributed by atoms with Crippen LogP contribution < -0.4 is 10.6 Å². The van der Waals surface area contributed by atoms with Crippen molar-refractivity contribution in [2.75, 3.05) is 11.9 Å². The summed E-state index contributed by atoms with van der Waals surface area (Å²) in [6.07, 6.45) is 0. The van der Waals surface area contributed by atoms with Crippen LogP contribution in [0.4, 0.5) is 5.13 Å². The van der Waals surface area contributed by atoms with Gasteiger partial charge in [0.2, 0.25) is 5.91 Å². The lowest BCUT2D eigenvalue weighted by molar-refractivity contribution is -0.115. The van der Waals surface area contributed by atoms with Crippen LogP contribution in [0.2, 0.25) is 0 Å². The molecule has 0 saturated heterocycles. The highest BCUT2D eigenvalue weighted by molar-refractivity contribution is 7.14. The van der Waals surface area contributed by atoms with Crippen LogP contribution in [-0.4, -0.2) is 28.3 Å². The van der Waals surface area contributed by atoms with Crippen molar-refractivity contribution in [2.24, 2.45) is 0 Å². The molecule has 0 aliphatic carbocycles. The Morgan fingerprint density at radius 3 is 2.66 bits per heavy atom. The Morgan fingerprint density at radius 2 is 1.83 bits per heavy atom. The zero-order chi connectivity index (χ0) is 20.4. The Hall–Kier alpha value is -3.45. The molecule has 3 N–H and O–H groups in total.